The average molecular weight is 310 g/mol. The van der Waals surface area contributed by atoms with Gasteiger partial charge in [0.2, 0.25) is 0 Å². The molecule has 2 saturated carbocycles. The van der Waals surface area contributed by atoms with Gasteiger partial charge in [-0.1, -0.05) is 25.0 Å². The number of terminal acetylenes is 1. The minimum absolute atomic E-state index is 0.112. The molecule has 2 fully saturated rings. The van der Waals surface area contributed by atoms with Gasteiger partial charge in [0.1, 0.15) is 5.60 Å². The first-order valence-corrected chi connectivity index (χ1v) is 9.17. The van der Waals surface area contributed by atoms with Gasteiger partial charge in [0.05, 0.1) is 0 Å². The summed E-state index contributed by atoms with van der Waals surface area (Å²) in [5.41, 5.74) is 0.208. The normalized spacial score (nSPS) is 48.0. The number of carbonyl (C=O) groups excluding carboxylic acids is 1. The zero-order valence-corrected chi connectivity index (χ0v) is 13.9. The lowest BCUT2D eigenvalue weighted by Gasteiger charge is -2.54. The maximum Gasteiger partial charge on any atom is 0.155 e. The van der Waals surface area contributed by atoms with E-state index in [9.17, 15) is 9.90 Å². The third-order valence-corrected chi connectivity index (χ3v) is 7.59. The van der Waals surface area contributed by atoms with Crippen LogP contribution in [0.5, 0.6) is 0 Å². The van der Waals surface area contributed by atoms with Gasteiger partial charge < -0.3 is 5.11 Å². The van der Waals surface area contributed by atoms with Gasteiger partial charge in [-0.15, -0.1) is 6.42 Å². The zero-order chi connectivity index (χ0) is 16.2. The predicted octanol–water partition coefficient (Wildman–Crippen LogP) is 3.66. The van der Waals surface area contributed by atoms with Crippen molar-refractivity contribution < 1.29 is 9.90 Å². The molecule has 0 aromatic heterocycles. The van der Waals surface area contributed by atoms with Crippen LogP contribution in [0.1, 0.15) is 51.9 Å². The Balaban J connectivity index is 1.73. The van der Waals surface area contributed by atoms with Gasteiger partial charge in [-0.2, -0.15) is 0 Å². The van der Waals surface area contributed by atoms with Crippen LogP contribution in [-0.4, -0.2) is 16.5 Å². The fourth-order valence-corrected chi connectivity index (χ4v) is 6.44. The number of carbonyl (C=O) groups is 1. The molecule has 6 atom stereocenters. The van der Waals surface area contributed by atoms with E-state index in [1.54, 1.807) is 0 Å². The average Bonchev–Trinajstić information content (AvgIpc) is 2.88. The molecule has 0 unspecified atom stereocenters. The molecule has 0 saturated heterocycles. The predicted molar refractivity (Wildman–Crippen MR) is 90.4 cm³/mol. The number of aliphatic hydroxyl groups is 1. The topological polar surface area (TPSA) is 37.3 Å². The second kappa shape index (κ2) is 5.08. The lowest BCUT2D eigenvalue weighted by atomic mass is 9.51. The molecule has 4 aliphatic carbocycles. The van der Waals surface area contributed by atoms with E-state index in [-0.39, 0.29) is 11.2 Å². The SMILES string of the molecule is C#C[C@]1(O)CC[C@H]2[C@@H]3C=CC4=CC(=O)CC[C@@H]4[C@H]3CC[C@]21CC. The van der Waals surface area contributed by atoms with Crippen LogP contribution in [0.15, 0.2) is 23.8 Å². The minimum atomic E-state index is -0.927. The molecule has 0 aliphatic heterocycles. The Morgan fingerprint density at radius 1 is 1.35 bits per heavy atom. The van der Waals surface area contributed by atoms with Crippen molar-refractivity contribution in [2.75, 3.05) is 0 Å². The first-order chi connectivity index (χ1) is 11.0. The number of allylic oxidation sites excluding steroid dienone is 4. The summed E-state index contributed by atoms with van der Waals surface area (Å²) in [7, 11) is 0. The molecule has 0 aromatic rings. The van der Waals surface area contributed by atoms with Gasteiger partial charge in [0.25, 0.3) is 0 Å². The summed E-state index contributed by atoms with van der Waals surface area (Å²) in [6.07, 6.45) is 18.7. The van der Waals surface area contributed by atoms with E-state index >= 15 is 0 Å². The molecule has 0 amide bonds. The van der Waals surface area contributed by atoms with E-state index in [1.807, 2.05) is 6.08 Å². The van der Waals surface area contributed by atoms with E-state index in [4.69, 9.17) is 6.42 Å². The third kappa shape index (κ3) is 1.89. The monoisotopic (exact) mass is 310 g/mol. The van der Waals surface area contributed by atoms with Crippen molar-refractivity contribution >= 4 is 5.78 Å². The number of fused-ring (bicyclic) bond motifs is 5. The van der Waals surface area contributed by atoms with Gasteiger partial charge >= 0.3 is 0 Å². The second-order valence-electron chi connectivity index (χ2n) is 8.05. The Hall–Kier alpha value is -1.33. The van der Waals surface area contributed by atoms with E-state index in [1.165, 1.54) is 5.57 Å². The highest BCUT2D eigenvalue weighted by atomic mass is 16.3. The van der Waals surface area contributed by atoms with Crippen LogP contribution in [-0.2, 0) is 4.79 Å². The summed E-state index contributed by atoms with van der Waals surface area (Å²) in [5, 5.41) is 11.1. The van der Waals surface area contributed by atoms with Crippen molar-refractivity contribution in [1.29, 1.82) is 0 Å². The highest BCUT2D eigenvalue weighted by Crippen LogP contribution is 2.64. The summed E-state index contributed by atoms with van der Waals surface area (Å²) in [6, 6.07) is 0. The lowest BCUT2D eigenvalue weighted by Crippen LogP contribution is -2.52. The lowest BCUT2D eigenvalue weighted by molar-refractivity contribution is -0.116. The van der Waals surface area contributed by atoms with Crippen molar-refractivity contribution in [3.63, 3.8) is 0 Å². The largest absolute Gasteiger partial charge is 0.377 e. The molecule has 0 spiro atoms. The van der Waals surface area contributed by atoms with Crippen LogP contribution < -0.4 is 0 Å². The summed E-state index contributed by atoms with van der Waals surface area (Å²) < 4.78 is 0. The molecule has 0 heterocycles. The van der Waals surface area contributed by atoms with Crippen LogP contribution >= 0.6 is 0 Å². The minimum Gasteiger partial charge on any atom is -0.377 e. The Morgan fingerprint density at radius 3 is 2.91 bits per heavy atom. The highest BCUT2D eigenvalue weighted by molar-refractivity contribution is 5.91. The standard InChI is InChI=1S/C21H26O2/c1-3-20-11-9-17-16-8-6-15(22)13-14(16)5-7-18(17)19(20)10-12-21(20,23)4-2/h2,5,7,13,16-19,23H,3,6,8-12H2,1H3/t16-,17+,18+,19-,20+,21-/m0/s1. The fraction of sp³-hybridized carbons (Fsp3) is 0.667. The first kappa shape index (κ1) is 15.2. The van der Waals surface area contributed by atoms with Gasteiger partial charge in [0, 0.05) is 11.8 Å². The molecule has 2 nitrogen and oxygen atoms in total. The zero-order valence-electron chi connectivity index (χ0n) is 13.9. The van der Waals surface area contributed by atoms with Crippen LogP contribution in [0.4, 0.5) is 0 Å². The Morgan fingerprint density at radius 2 is 2.17 bits per heavy atom. The second-order valence-corrected chi connectivity index (χ2v) is 8.05. The Kier molecular flexibility index (Phi) is 3.36. The van der Waals surface area contributed by atoms with E-state index in [0.29, 0.717) is 30.1 Å². The Labute approximate surface area is 139 Å². The number of hydrogen-bond donors (Lipinski definition) is 1. The fourth-order valence-electron chi connectivity index (χ4n) is 6.44. The number of hydrogen-bond acceptors (Lipinski definition) is 2. The Bertz CT molecular complexity index is 637. The molecule has 23 heavy (non-hydrogen) atoms. The molecule has 4 aliphatic rings. The summed E-state index contributed by atoms with van der Waals surface area (Å²) in [6.45, 7) is 2.19. The van der Waals surface area contributed by atoms with Crippen LogP contribution in [0.25, 0.3) is 0 Å². The highest BCUT2D eigenvalue weighted by Gasteiger charge is 2.62. The summed E-state index contributed by atoms with van der Waals surface area (Å²) >= 11 is 0. The summed E-state index contributed by atoms with van der Waals surface area (Å²) in [4.78, 5) is 11.7. The molecule has 4 rings (SSSR count). The van der Waals surface area contributed by atoms with Crippen molar-refractivity contribution in [2.24, 2.45) is 29.1 Å². The van der Waals surface area contributed by atoms with Gasteiger partial charge in [0.15, 0.2) is 5.78 Å². The molecular weight excluding hydrogens is 284 g/mol. The third-order valence-electron chi connectivity index (χ3n) is 7.59. The molecule has 2 heteroatoms. The van der Waals surface area contributed by atoms with Crippen LogP contribution in [0.2, 0.25) is 0 Å². The van der Waals surface area contributed by atoms with E-state index in [0.717, 1.165) is 38.5 Å². The molecule has 0 aromatic carbocycles. The molecule has 0 radical (unpaired) electrons. The van der Waals surface area contributed by atoms with E-state index < -0.39 is 5.60 Å². The van der Waals surface area contributed by atoms with Crippen molar-refractivity contribution in [3.05, 3.63) is 23.8 Å². The molecule has 0 bridgehead atoms. The first-order valence-electron chi connectivity index (χ1n) is 9.17. The van der Waals surface area contributed by atoms with E-state index in [2.05, 4.69) is 25.0 Å². The quantitative estimate of drug-likeness (QED) is 0.751. The van der Waals surface area contributed by atoms with Crippen molar-refractivity contribution in [3.8, 4) is 12.3 Å². The number of ketones is 1. The van der Waals surface area contributed by atoms with Gasteiger partial charge in [-0.05, 0) is 73.8 Å². The van der Waals surface area contributed by atoms with Crippen molar-refractivity contribution in [2.45, 2.75) is 57.5 Å². The maximum absolute atomic E-state index is 11.7. The smallest absolute Gasteiger partial charge is 0.155 e. The summed E-state index contributed by atoms with van der Waals surface area (Å²) in [5.74, 6) is 5.21. The van der Waals surface area contributed by atoms with Gasteiger partial charge in [-0.3, -0.25) is 4.79 Å². The molecule has 122 valence electrons. The maximum atomic E-state index is 11.7. The number of rotatable bonds is 1. The van der Waals surface area contributed by atoms with Gasteiger partial charge in [-0.25, -0.2) is 0 Å². The molecule has 1 N–H and O–H groups in total. The van der Waals surface area contributed by atoms with Crippen molar-refractivity contribution in [1.82, 2.24) is 0 Å². The van der Waals surface area contributed by atoms with Crippen LogP contribution in [0.3, 0.4) is 0 Å². The molecular formula is C21H26O2. The van der Waals surface area contributed by atoms with Crippen LogP contribution in [0, 0.1) is 41.4 Å².